The Morgan fingerprint density at radius 1 is 1.12 bits per heavy atom. The van der Waals surface area contributed by atoms with Crippen molar-refractivity contribution >= 4 is 20.4 Å². The van der Waals surface area contributed by atoms with Crippen LogP contribution >= 0.6 is 0 Å². The van der Waals surface area contributed by atoms with E-state index in [1.165, 1.54) is 13.2 Å². The van der Waals surface area contributed by atoms with Gasteiger partial charge in [-0.2, -0.15) is 0 Å². The summed E-state index contributed by atoms with van der Waals surface area (Å²) in [4.78, 5) is 23.1. The Morgan fingerprint density at radius 2 is 1.69 bits per heavy atom. The van der Waals surface area contributed by atoms with E-state index in [2.05, 4.69) is 43.9 Å². The average molecular weight is 388 g/mol. The maximum Gasteiger partial charge on any atom is 0.407 e. The Balaban J connectivity index is 4.71. The van der Waals surface area contributed by atoms with E-state index < -0.39 is 26.0 Å². The summed E-state index contributed by atoms with van der Waals surface area (Å²) in [5.41, 5.74) is -0.513. The van der Waals surface area contributed by atoms with E-state index in [1.807, 2.05) is 20.8 Å². The largest absolute Gasteiger partial charge is 0.466 e. The first-order chi connectivity index (χ1) is 11.7. The molecule has 0 aliphatic carbocycles. The highest BCUT2D eigenvalue weighted by Crippen LogP contribution is 2.37. The number of rotatable bonds is 8. The summed E-state index contributed by atoms with van der Waals surface area (Å²) >= 11 is 0. The molecule has 0 heterocycles. The third-order valence-electron chi connectivity index (χ3n) is 4.23. The third-order valence-corrected chi connectivity index (χ3v) is 8.74. The molecule has 26 heavy (non-hydrogen) atoms. The zero-order chi connectivity index (χ0) is 20.6. The van der Waals surface area contributed by atoms with Gasteiger partial charge in [-0.05, 0) is 57.8 Å². The lowest BCUT2D eigenvalue weighted by Gasteiger charge is -2.38. The topological polar surface area (TPSA) is 73.9 Å². The van der Waals surface area contributed by atoms with Crippen molar-refractivity contribution in [1.29, 1.82) is 0 Å². The van der Waals surface area contributed by atoms with Gasteiger partial charge in [0.25, 0.3) is 0 Å². The van der Waals surface area contributed by atoms with Gasteiger partial charge in [-0.25, -0.2) is 9.59 Å². The minimum absolute atomic E-state index is 0.0686. The van der Waals surface area contributed by atoms with E-state index in [0.717, 1.165) is 0 Å². The second-order valence-corrected chi connectivity index (χ2v) is 13.6. The van der Waals surface area contributed by atoms with Crippen molar-refractivity contribution in [1.82, 2.24) is 5.32 Å². The van der Waals surface area contributed by atoms with Crippen molar-refractivity contribution in [3.8, 4) is 0 Å². The summed E-state index contributed by atoms with van der Waals surface area (Å²) in [6.45, 7) is 16.8. The van der Waals surface area contributed by atoms with Crippen LogP contribution in [0, 0.1) is 0 Å². The number of carbonyl (C=O) groups excluding carboxylic acids is 2. The van der Waals surface area contributed by atoms with Gasteiger partial charge >= 0.3 is 12.1 Å². The van der Waals surface area contributed by atoms with Crippen molar-refractivity contribution < 1.29 is 23.5 Å². The first-order valence-corrected chi connectivity index (χ1v) is 12.0. The van der Waals surface area contributed by atoms with Gasteiger partial charge in [-0.15, -0.1) is 0 Å². The smallest absolute Gasteiger partial charge is 0.407 e. The van der Waals surface area contributed by atoms with Crippen LogP contribution in [0.5, 0.6) is 0 Å². The van der Waals surface area contributed by atoms with E-state index in [-0.39, 0.29) is 11.1 Å². The third kappa shape index (κ3) is 10.6. The Hall–Kier alpha value is -1.34. The summed E-state index contributed by atoms with van der Waals surface area (Å²) in [5.74, 6) is -0.402. The quantitative estimate of drug-likeness (QED) is 0.289. The van der Waals surface area contributed by atoms with Gasteiger partial charge in [0.2, 0.25) is 0 Å². The van der Waals surface area contributed by atoms with E-state index in [0.29, 0.717) is 19.4 Å². The Bertz CT molecular complexity index is 489. The second kappa shape index (κ2) is 10.1. The van der Waals surface area contributed by atoms with Crippen molar-refractivity contribution in [2.24, 2.45) is 0 Å². The predicted octanol–water partition coefficient (Wildman–Crippen LogP) is 4.41. The van der Waals surface area contributed by atoms with Crippen molar-refractivity contribution in [3.63, 3.8) is 0 Å². The molecule has 0 aliphatic rings. The highest BCUT2D eigenvalue weighted by atomic mass is 28.4. The number of hydrogen-bond donors (Lipinski definition) is 1. The molecule has 0 spiro atoms. The zero-order valence-corrected chi connectivity index (χ0v) is 18.9. The van der Waals surface area contributed by atoms with Crippen molar-refractivity contribution in [2.75, 3.05) is 13.7 Å². The molecule has 152 valence electrons. The lowest BCUT2D eigenvalue weighted by Crippen LogP contribution is -2.43. The van der Waals surface area contributed by atoms with Crippen LogP contribution in [0.4, 0.5) is 4.79 Å². The fourth-order valence-electron chi connectivity index (χ4n) is 1.81. The van der Waals surface area contributed by atoms with Gasteiger partial charge < -0.3 is 19.2 Å². The Labute approximate surface area is 159 Å². The first kappa shape index (κ1) is 24.7. The van der Waals surface area contributed by atoms with Gasteiger partial charge in [0, 0.05) is 12.6 Å². The minimum atomic E-state index is -1.98. The number of alkyl carbamates (subject to hydrolysis) is 1. The van der Waals surface area contributed by atoms with Gasteiger partial charge in [0.05, 0.1) is 13.2 Å². The lowest BCUT2D eigenvalue weighted by molar-refractivity contribution is -0.134. The summed E-state index contributed by atoms with van der Waals surface area (Å²) in [6, 6.07) is 0. The van der Waals surface area contributed by atoms with Crippen LogP contribution in [0.15, 0.2) is 12.2 Å². The molecule has 0 aliphatic heterocycles. The van der Waals surface area contributed by atoms with Gasteiger partial charge in [0.1, 0.15) is 5.60 Å². The van der Waals surface area contributed by atoms with E-state index >= 15 is 0 Å². The monoisotopic (exact) mass is 387 g/mol. The van der Waals surface area contributed by atoms with E-state index in [4.69, 9.17) is 9.16 Å². The molecule has 0 saturated carbocycles. The second-order valence-electron chi connectivity index (χ2n) is 8.87. The molecule has 0 saturated heterocycles. The molecule has 0 bridgehead atoms. The molecule has 0 aromatic heterocycles. The number of ether oxygens (including phenoxy) is 2. The number of nitrogens with one attached hydrogen (secondary N) is 1. The molecule has 1 atom stereocenters. The SMILES string of the molecule is COC(=O)/C=C\[C@H](CCCNC(=O)OC(C)(C)C)O[Si](C)(C)C(C)(C)C. The molecule has 7 heteroatoms. The summed E-state index contributed by atoms with van der Waals surface area (Å²) in [6.07, 6.45) is 3.93. The van der Waals surface area contributed by atoms with Gasteiger partial charge in [0.15, 0.2) is 8.32 Å². The van der Waals surface area contributed by atoms with Gasteiger partial charge in [-0.3, -0.25) is 0 Å². The van der Waals surface area contributed by atoms with Crippen molar-refractivity contribution in [2.45, 2.75) is 84.2 Å². The first-order valence-electron chi connectivity index (χ1n) is 9.09. The number of amides is 1. The van der Waals surface area contributed by atoms with Crippen LogP contribution in [0.2, 0.25) is 18.1 Å². The van der Waals surface area contributed by atoms with Crippen molar-refractivity contribution in [3.05, 3.63) is 12.2 Å². The molecule has 6 nitrogen and oxygen atoms in total. The fourth-order valence-corrected chi connectivity index (χ4v) is 3.12. The number of methoxy groups -OCH3 is 1. The van der Waals surface area contributed by atoms with Crippen LogP contribution in [-0.2, 0) is 18.7 Å². The maximum absolute atomic E-state index is 11.7. The Morgan fingerprint density at radius 3 is 2.15 bits per heavy atom. The zero-order valence-electron chi connectivity index (χ0n) is 17.9. The van der Waals surface area contributed by atoms with Crippen LogP contribution in [0.1, 0.15) is 54.4 Å². The van der Waals surface area contributed by atoms with E-state index in [1.54, 1.807) is 6.08 Å². The maximum atomic E-state index is 11.7. The molecule has 0 radical (unpaired) electrons. The molecular weight excluding hydrogens is 350 g/mol. The summed E-state index contributed by atoms with van der Waals surface area (Å²) in [5, 5.41) is 2.81. The molecular formula is C19H37NO5Si. The fraction of sp³-hybridized carbons (Fsp3) is 0.789. The van der Waals surface area contributed by atoms with Crippen LogP contribution in [0.25, 0.3) is 0 Å². The van der Waals surface area contributed by atoms with Crippen LogP contribution < -0.4 is 5.32 Å². The average Bonchev–Trinajstić information content (AvgIpc) is 2.45. The normalized spacial score (nSPS) is 14.2. The van der Waals surface area contributed by atoms with Gasteiger partial charge in [-0.1, -0.05) is 20.8 Å². The minimum Gasteiger partial charge on any atom is -0.466 e. The molecule has 1 N–H and O–H groups in total. The predicted molar refractivity (Wildman–Crippen MR) is 107 cm³/mol. The standard InChI is InChI=1S/C19H37NO5Si/c1-18(2,3)24-17(22)20-14-10-11-15(12-13-16(21)23-7)25-26(8,9)19(4,5)6/h12-13,15H,10-11,14H2,1-9H3,(H,20,22)/b13-12-/t15-/m0/s1. The molecule has 0 aromatic carbocycles. The highest BCUT2D eigenvalue weighted by molar-refractivity contribution is 6.74. The molecule has 0 aromatic rings. The number of hydrogen-bond acceptors (Lipinski definition) is 5. The van der Waals surface area contributed by atoms with Crippen LogP contribution in [-0.4, -0.2) is 45.7 Å². The Kier molecular flexibility index (Phi) is 9.59. The molecule has 0 unspecified atom stereocenters. The van der Waals surface area contributed by atoms with E-state index in [9.17, 15) is 9.59 Å². The molecule has 0 rings (SSSR count). The highest BCUT2D eigenvalue weighted by Gasteiger charge is 2.38. The lowest BCUT2D eigenvalue weighted by atomic mass is 10.2. The molecule has 1 amide bonds. The molecule has 0 fully saturated rings. The van der Waals surface area contributed by atoms with Crippen LogP contribution in [0.3, 0.4) is 0 Å². The number of esters is 1. The number of carbonyl (C=O) groups is 2. The summed E-state index contributed by atoms with van der Waals surface area (Å²) < 4.78 is 16.3. The summed E-state index contributed by atoms with van der Waals surface area (Å²) in [7, 11) is -0.631.